The van der Waals surface area contributed by atoms with E-state index in [9.17, 15) is 23.6 Å². The first kappa shape index (κ1) is 34.9. The van der Waals surface area contributed by atoms with Crippen molar-refractivity contribution in [2.24, 2.45) is 5.41 Å². The maximum Gasteiger partial charge on any atom is 0.314 e. The number of rotatable bonds is 12. The van der Waals surface area contributed by atoms with Gasteiger partial charge in [0, 0.05) is 12.1 Å². The van der Waals surface area contributed by atoms with Gasteiger partial charge in [-0.2, -0.15) is 5.10 Å². The summed E-state index contributed by atoms with van der Waals surface area (Å²) in [7, 11) is 0. The Morgan fingerprint density at radius 2 is 1.80 bits per heavy atom. The summed E-state index contributed by atoms with van der Waals surface area (Å²) in [5, 5.41) is 8.89. The van der Waals surface area contributed by atoms with Gasteiger partial charge in [0.25, 0.3) is 5.91 Å². The van der Waals surface area contributed by atoms with Gasteiger partial charge in [0.15, 0.2) is 5.75 Å². The molecule has 0 unspecified atom stereocenters. The van der Waals surface area contributed by atoms with E-state index in [1.807, 2.05) is 44.2 Å². The number of nitrogens with zero attached hydrogens (tertiary/aromatic N) is 3. The van der Waals surface area contributed by atoms with E-state index in [1.165, 1.54) is 36.5 Å². The topological polar surface area (TPSA) is 144 Å². The summed E-state index contributed by atoms with van der Waals surface area (Å²) in [5.74, 6) is -1.61. The van der Waals surface area contributed by atoms with Gasteiger partial charge in [-0.15, -0.1) is 0 Å². The number of nitrogens with one attached hydrogen (secondary N) is 2. The van der Waals surface area contributed by atoms with Gasteiger partial charge in [-0.3, -0.25) is 19.2 Å². The molecule has 3 atom stereocenters. The molecule has 3 heterocycles. The average molecular weight is 670 g/mol. The number of hydrogen-bond acceptors (Lipinski definition) is 8. The van der Waals surface area contributed by atoms with Crippen LogP contribution in [0.1, 0.15) is 79.8 Å². The second-order valence-corrected chi connectivity index (χ2v) is 12.2. The first-order chi connectivity index (χ1) is 23.6. The third-order valence-electron chi connectivity index (χ3n) is 9.20. The normalized spacial score (nSPS) is 16.6. The van der Waals surface area contributed by atoms with E-state index in [2.05, 4.69) is 20.5 Å². The fourth-order valence-corrected chi connectivity index (χ4v) is 6.53. The number of ether oxygens (including phenoxy) is 2. The highest BCUT2D eigenvalue weighted by Gasteiger charge is 2.53. The number of likely N-dealkylation sites (tertiary alicyclic amines) is 1. The molecule has 1 saturated heterocycles. The molecule has 49 heavy (non-hydrogen) atoms. The zero-order valence-electron chi connectivity index (χ0n) is 27.9. The Morgan fingerprint density at radius 1 is 1.04 bits per heavy atom. The molecule has 4 aromatic rings. The molecule has 2 amide bonds. The summed E-state index contributed by atoms with van der Waals surface area (Å²) >= 11 is 0. The molecular weight excluding hydrogens is 629 g/mol. The molecule has 1 aliphatic rings. The molecule has 1 fully saturated rings. The highest BCUT2D eigenvalue weighted by molar-refractivity contribution is 5.96. The molecular formula is C37H40FN5O6. The van der Waals surface area contributed by atoms with Gasteiger partial charge in [0.2, 0.25) is 5.91 Å². The van der Waals surface area contributed by atoms with Crippen molar-refractivity contribution >= 4 is 17.8 Å². The smallest absolute Gasteiger partial charge is 0.314 e. The number of amides is 2. The van der Waals surface area contributed by atoms with Gasteiger partial charge in [-0.05, 0) is 74.9 Å². The molecule has 0 radical (unpaired) electrons. The van der Waals surface area contributed by atoms with Gasteiger partial charge >= 0.3 is 11.5 Å². The van der Waals surface area contributed by atoms with Crippen LogP contribution in [0.5, 0.6) is 11.5 Å². The highest BCUT2D eigenvalue weighted by Crippen LogP contribution is 2.47. The largest absolute Gasteiger partial charge is 0.460 e. The third-order valence-corrected chi connectivity index (χ3v) is 9.20. The van der Waals surface area contributed by atoms with Crippen molar-refractivity contribution in [3.8, 4) is 11.5 Å². The molecule has 256 valence electrons. The number of aryl methyl sites for hydroxylation is 1. The second-order valence-electron chi connectivity index (χ2n) is 12.2. The Kier molecular flexibility index (Phi) is 10.9. The number of hydrogen-bond donors (Lipinski definition) is 2. The minimum absolute atomic E-state index is 0.0208. The Hall–Kier alpha value is -5.39. The second kappa shape index (κ2) is 15.2. The van der Waals surface area contributed by atoms with E-state index in [4.69, 9.17) is 9.47 Å². The highest BCUT2D eigenvalue weighted by atomic mass is 19.1. The van der Waals surface area contributed by atoms with Crippen LogP contribution in [0.3, 0.4) is 0 Å². The number of carbonyl (C=O) groups is 3. The quantitative estimate of drug-likeness (QED) is 0.180. The number of aromatic amines is 1. The molecule has 11 nitrogen and oxygen atoms in total. The molecule has 0 saturated carbocycles. The van der Waals surface area contributed by atoms with Crippen LogP contribution in [0.2, 0.25) is 0 Å². The van der Waals surface area contributed by atoms with Crippen molar-refractivity contribution < 1.29 is 28.2 Å². The zero-order valence-corrected chi connectivity index (χ0v) is 27.9. The Morgan fingerprint density at radius 3 is 2.47 bits per heavy atom. The van der Waals surface area contributed by atoms with Gasteiger partial charge < -0.3 is 19.7 Å². The maximum atomic E-state index is 14.4. The predicted molar refractivity (Wildman–Crippen MR) is 179 cm³/mol. The van der Waals surface area contributed by atoms with Crippen molar-refractivity contribution in [3.63, 3.8) is 0 Å². The van der Waals surface area contributed by atoms with Crippen molar-refractivity contribution in [3.05, 3.63) is 118 Å². The average Bonchev–Trinajstić information content (AvgIpc) is 3.55. The van der Waals surface area contributed by atoms with Gasteiger partial charge in [-0.1, -0.05) is 56.3 Å². The lowest BCUT2D eigenvalue weighted by molar-refractivity contribution is -0.164. The van der Waals surface area contributed by atoms with Crippen molar-refractivity contribution in [1.82, 2.24) is 25.4 Å². The summed E-state index contributed by atoms with van der Waals surface area (Å²) < 4.78 is 25.9. The summed E-state index contributed by atoms with van der Waals surface area (Å²) in [6.07, 6.45) is 3.09. The Labute approximate surface area is 283 Å². The van der Waals surface area contributed by atoms with E-state index >= 15 is 0 Å². The summed E-state index contributed by atoms with van der Waals surface area (Å²) in [6, 6.07) is 17.7. The molecule has 12 heteroatoms. The van der Waals surface area contributed by atoms with Crippen molar-refractivity contribution in [2.45, 2.75) is 78.1 Å². The number of H-pyrrole nitrogens is 1. The van der Waals surface area contributed by atoms with E-state index in [0.717, 1.165) is 5.56 Å². The Balaban J connectivity index is 1.37. The van der Waals surface area contributed by atoms with Gasteiger partial charge in [0.05, 0.1) is 23.3 Å². The van der Waals surface area contributed by atoms with Crippen LogP contribution in [-0.4, -0.2) is 49.9 Å². The number of pyridine rings is 1. The molecule has 0 bridgehead atoms. The van der Waals surface area contributed by atoms with Crippen LogP contribution in [0, 0.1) is 18.2 Å². The number of halogens is 1. The minimum atomic E-state index is -1.04. The molecule has 1 aliphatic heterocycles. The number of esters is 1. The van der Waals surface area contributed by atoms with Crippen LogP contribution in [0.4, 0.5) is 4.39 Å². The number of carbonyl (C=O) groups excluding carboxylic acids is 3. The fourth-order valence-electron chi connectivity index (χ4n) is 6.53. The van der Waals surface area contributed by atoms with E-state index in [0.29, 0.717) is 36.9 Å². The maximum absolute atomic E-state index is 14.4. The molecule has 0 aliphatic carbocycles. The standard InChI is InChI=1S/C37H40FN5O6/c1-5-37(6-2,36(47)48-22-25-11-8-7-9-12-25)32-18-17-30(26-13-10-14-27(38)20-26)43(32)35(46)24(4)40-33(44)29-16-15-28(21-39-29)49-31-19-23(3)41-42-34(31)45/h7-16,19-21,24,30,32H,5-6,17-18,22H2,1-4H3,(H,40,44)(H,42,45)/t24-,30+,32-/m1/s1. The molecule has 0 spiro atoms. The first-order valence-electron chi connectivity index (χ1n) is 16.4. The minimum Gasteiger partial charge on any atom is -0.460 e. The molecule has 2 aromatic heterocycles. The van der Waals surface area contributed by atoms with E-state index in [1.54, 1.807) is 30.9 Å². The first-order valence-corrected chi connectivity index (χ1v) is 16.4. The van der Waals surface area contributed by atoms with Crippen molar-refractivity contribution in [1.29, 1.82) is 0 Å². The summed E-state index contributed by atoms with van der Waals surface area (Å²) in [4.78, 5) is 59.4. The third kappa shape index (κ3) is 7.69. The molecule has 5 rings (SSSR count). The summed E-state index contributed by atoms with van der Waals surface area (Å²) in [6.45, 7) is 7.17. The summed E-state index contributed by atoms with van der Waals surface area (Å²) in [5.41, 5.74) is 0.468. The van der Waals surface area contributed by atoms with Crippen LogP contribution < -0.4 is 15.6 Å². The van der Waals surface area contributed by atoms with Crippen LogP contribution in [0.25, 0.3) is 0 Å². The molecule has 2 aromatic carbocycles. The van der Waals surface area contributed by atoms with Crippen LogP contribution in [0.15, 0.2) is 83.8 Å². The predicted octanol–water partition coefficient (Wildman–Crippen LogP) is 5.81. The van der Waals surface area contributed by atoms with Gasteiger partial charge in [0.1, 0.15) is 29.9 Å². The fraction of sp³-hybridized carbons (Fsp3) is 0.351. The van der Waals surface area contributed by atoms with Crippen molar-refractivity contribution in [2.75, 3.05) is 0 Å². The zero-order chi connectivity index (χ0) is 35.1. The number of aromatic nitrogens is 3. The lowest BCUT2D eigenvalue weighted by Gasteiger charge is -2.43. The van der Waals surface area contributed by atoms with E-state index in [-0.39, 0.29) is 23.8 Å². The number of benzene rings is 2. The van der Waals surface area contributed by atoms with Crippen LogP contribution >= 0.6 is 0 Å². The molecule has 2 N–H and O–H groups in total. The Bertz CT molecular complexity index is 1840. The lowest BCUT2D eigenvalue weighted by Crippen LogP contribution is -2.56. The monoisotopic (exact) mass is 669 g/mol. The van der Waals surface area contributed by atoms with Crippen LogP contribution in [-0.2, 0) is 20.9 Å². The SMILES string of the molecule is CCC(CC)(C(=O)OCc1ccccc1)[C@H]1CC[C@@H](c2cccc(F)c2)N1C(=O)[C@@H](C)NC(=O)c1ccc(Oc2cc(C)n[nH]c2=O)cn1. The van der Waals surface area contributed by atoms with E-state index < -0.39 is 52.7 Å². The van der Waals surface area contributed by atoms with Gasteiger partial charge in [-0.25, -0.2) is 14.5 Å². The lowest BCUT2D eigenvalue weighted by atomic mass is 9.74.